The van der Waals surface area contributed by atoms with Crippen molar-refractivity contribution >= 4 is 27.5 Å². The number of halogens is 1. The van der Waals surface area contributed by atoms with E-state index in [0.717, 1.165) is 28.6 Å². The van der Waals surface area contributed by atoms with Crippen LogP contribution in [0.1, 0.15) is 44.6 Å². The lowest BCUT2D eigenvalue weighted by molar-refractivity contribution is -0.122. The number of amides is 1. The van der Waals surface area contributed by atoms with Crippen molar-refractivity contribution in [2.45, 2.75) is 58.0 Å². The van der Waals surface area contributed by atoms with Crippen molar-refractivity contribution in [3.8, 4) is 0 Å². The Balaban J connectivity index is 1.88. The van der Waals surface area contributed by atoms with Crippen LogP contribution in [0.25, 0.3) is 0 Å². The summed E-state index contributed by atoms with van der Waals surface area (Å²) < 4.78 is 1.09. The van der Waals surface area contributed by atoms with Gasteiger partial charge in [0.05, 0.1) is 0 Å². The summed E-state index contributed by atoms with van der Waals surface area (Å²) in [6, 6.07) is 6.20. The molecule has 0 unspecified atom stereocenters. The van der Waals surface area contributed by atoms with E-state index in [2.05, 4.69) is 32.6 Å². The molecular formula is C16H23BrN2O. The van der Waals surface area contributed by atoms with Gasteiger partial charge in [-0.05, 0) is 50.5 Å². The summed E-state index contributed by atoms with van der Waals surface area (Å²) in [6.45, 7) is 3.96. The average Bonchev–Trinajstić information content (AvgIpc) is 2.44. The molecule has 1 fully saturated rings. The maximum absolute atomic E-state index is 12.2. The summed E-state index contributed by atoms with van der Waals surface area (Å²) in [5, 5.41) is 6.42. The van der Waals surface area contributed by atoms with Crippen molar-refractivity contribution in [2.75, 3.05) is 5.32 Å². The molecule has 1 aromatic rings. The predicted molar refractivity (Wildman–Crippen MR) is 87.0 cm³/mol. The topological polar surface area (TPSA) is 41.1 Å². The van der Waals surface area contributed by atoms with Crippen molar-refractivity contribution in [3.63, 3.8) is 0 Å². The Morgan fingerprint density at radius 1 is 1.30 bits per heavy atom. The molecule has 4 heteroatoms. The summed E-state index contributed by atoms with van der Waals surface area (Å²) in [7, 11) is 0. The molecule has 1 aliphatic carbocycles. The Labute approximate surface area is 129 Å². The highest BCUT2D eigenvalue weighted by Crippen LogP contribution is 2.21. The van der Waals surface area contributed by atoms with E-state index in [-0.39, 0.29) is 11.9 Å². The monoisotopic (exact) mass is 338 g/mol. The Bertz CT molecular complexity index is 470. The van der Waals surface area contributed by atoms with Gasteiger partial charge in [-0.3, -0.25) is 4.79 Å². The van der Waals surface area contributed by atoms with Crippen molar-refractivity contribution in [1.29, 1.82) is 0 Å². The SMILES string of the molecule is Cc1cc(N[C@@H](C)C(=O)NC2CCCCC2)ccc1Br. The van der Waals surface area contributed by atoms with Gasteiger partial charge < -0.3 is 10.6 Å². The van der Waals surface area contributed by atoms with Gasteiger partial charge in [-0.1, -0.05) is 35.2 Å². The number of carbonyl (C=O) groups is 1. The first-order valence-electron chi connectivity index (χ1n) is 7.39. The molecule has 0 aromatic heterocycles. The lowest BCUT2D eigenvalue weighted by atomic mass is 9.95. The van der Waals surface area contributed by atoms with Crippen LogP contribution in [-0.2, 0) is 4.79 Å². The number of hydrogen-bond acceptors (Lipinski definition) is 2. The molecule has 2 rings (SSSR count). The van der Waals surface area contributed by atoms with E-state index in [1.165, 1.54) is 19.3 Å². The van der Waals surface area contributed by atoms with Crippen molar-refractivity contribution in [3.05, 3.63) is 28.2 Å². The van der Waals surface area contributed by atoms with Crippen molar-refractivity contribution < 1.29 is 4.79 Å². The Hall–Kier alpha value is -1.03. The predicted octanol–water partition coefficient (Wildman–Crippen LogP) is 4.01. The normalized spacial score (nSPS) is 17.6. The lowest BCUT2D eigenvalue weighted by Gasteiger charge is -2.25. The Morgan fingerprint density at radius 2 is 2.00 bits per heavy atom. The summed E-state index contributed by atoms with van der Waals surface area (Å²) >= 11 is 3.48. The molecule has 1 atom stereocenters. The van der Waals surface area contributed by atoms with Crippen LogP contribution in [0.15, 0.2) is 22.7 Å². The average molecular weight is 339 g/mol. The number of rotatable bonds is 4. The Kier molecular flexibility index (Phi) is 5.46. The smallest absolute Gasteiger partial charge is 0.242 e. The first kappa shape index (κ1) is 15.4. The zero-order valence-corrected chi connectivity index (χ0v) is 13.8. The van der Waals surface area contributed by atoms with E-state index in [4.69, 9.17) is 0 Å². The van der Waals surface area contributed by atoms with Crippen LogP contribution in [0.5, 0.6) is 0 Å². The van der Waals surface area contributed by atoms with Crippen LogP contribution in [0.3, 0.4) is 0 Å². The minimum atomic E-state index is -0.211. The second kappa shape index (κ2) is 7.11. The van der Waals surface area contributed by atoms with E-state index in [1.807, 2.05) is 26.0 Å². The number of aryl methyl sites for hydroxylation is 1. The van der Waals surface area contributed by atoms with Gasteiger partial charge in [0, 0.05) is 16.2 Å². The minimum Gasteiger partial charge on any atom is -0.374 e. The largest absolute Gasteiger partial charge is 0.374 e. The molecule has 0 aliphatic heterocycles. The van der Waals surface area contributed by atoms with Crippen LogP contribution >= 0.6 is 15.9 Å². The highest BCUT2D eigenvalue weighted by molar-refractivity contribution is 9.10. The van der Waals surface area contributed by atoms with Gasteiger partial charge in [-0.25, -0.2) is 0 Å². The Morgan fingerprint density at radius 3 is 2.65 bits per heavy atom. The highest BCUT2D eigenvalue weighted by Gasteiger charge is 2.19. The number of hydrogen-bond donors (Lipinski definition) is 2. The van der Waals surface area contributed by atoms with E-state index in [0.29, 0.717) is 6.04 Å². The van der Waals surface area contributed by atoms with E-state index >= 15 is 0 Å². The van der Waals surface area contributed by atoms with Gasteiger partial charge >= 0.3 is 0 Å². The standard InChI is InChI=1S/C16H23BrN2O/c1-11-10-14(8-9-15(11)17)18-12(2)16(20)19-13-6-4-3-5-7-13/h8-10,12-13,18H,3-7H2,1-2H3,(H,19,20)/t12-/m0/s1. The van der Waals surface area contributed by atoms with Gasteiger partial charge in [0.1, 0.15) is 6.04 Å². The molecule has 0 bridgehead atoms. The molecule has 1 amide bonds. The van der Waals surface area contributed by atoms with Crippen LogP contribution in [-0.4, -0.2) is 18.0 Å². The first-order valence-corrected chi connectivity index (χ1v) is 8.18. The summed E-state index contributed by atoms with van der Waals surface area (Å²) in [4.78, 5) is 12.2. The van der Waals surface area contributed by atoms with Crippen molar-refractivity contribution in [2.24, 2.45) is 0 Å². The van der Waals surface area contributed by atoms with Gasteiger partial charge in [0.25, 0.3) is 0 Å². The maximum atomic E-state index is 12.2. The van der Waals surface area contributed by atoms with E-state index in [1.54, 1.807) is 0 Å². The number of anilines is 1. The molecule has 20 heavy (non-hydrogen) atoms. The molecule has 2 N–H and O–H groups in total. The molecule has 0 radical (unpaired) electrons. The second-order valence-corrected chi connectivity index (χ2v) is 6.53. The van der Waals surface area contributed by atoms with E-state index in [9.17, 15) is 4.79 Å². The van der Waals surface area contributed by atoms with E-state index < -0.39 is 0 Å². The fourth-order valence-corrected chi connectivity index (χ4v) is 2.87. The van der Waals surface area contributed by atoms with Gasteiger partial charge in [-0.15, -0.1) is 0 Å². The summed E-state index contributed by atoms with van der Waals surface area (Å²) in [5.74, 6) is 0.0949. The second-order valence-electron chi connectivity index (χ2n) is 5.67. The van der Waals surface area contributed by atoms with Gasteiger partial charge in [-0.2, -0.15) is 0 Å². The number of carbonyl (C=O) groups excluding carboxylic acids is 1. The molecule has 0 saturated heterocycles. The van der Waals surface area contributed by atoms with Crippen molar-refractivity contribution in [1.82, 2.24) is 5.32 Å². The van der Waals surface area contributed by atoms with Crippen LogP contribution in [0.4, 0.5) is 5.69 Å². The van der Waals surface area contributed by atoms with Crippen LogP contribution < -0.4 is 10.6 Å². The molecular weight excluding hydrogens is 316 g/mol. The maximum Gasteiger partial charge on any atom is 0.242 e. The quantitative estimate of drug-likeness (QED) is 0.870. The summed E-state index contributed by atoms with van der Waals surface area (Å²) in [6.07, 6.45) is 6.02. The first-order chi connectivity index (χ1) is 9.56. The fraction of sp³-hybridized carbons (Fsp3) is 0.562. The third-order valence-corrected chi connectivity index (χ3v) is 4.78. The molecule has 1 aromatic carbocycles. The zero-order chi connectivity index (χ0) is 14.5. The summed E-state index contributed by atoms with van der Waals surface area (Å²) in [5.41, 5.74) is 2.15. The third-order valence-electron chi connectivity index (χ3n) is 3.89. The molecule has 0 heterocycles. The molecule has 1 aliphatic rings. The minimum absolute atomic E-state index is 0.0949. The van der Waals surface area contributed by atoms with Gasteiger partial charge in [0.2, 0.25) is 5.91 Å². The molecule has 1 saturated carbocycles. The van der Waals surface area contributed by atoms with Gasteiger partial charge in [0.15, 0.2) is 0 Å². The van der Waals surface area contributed by atoms with Crippen LogP contribution in [0.2, 0.25) is 0 Å². The fourth-order valence-electron chi connectivity index (χ4n) is 2.62. The molecule has 110 valence electrons. The lowest BCUT2D eigenvalue weighted by Crippen LogP contribution is -2.44. The third kappa shape index (κ3) is 4.23. The number of nitrogens with one attached hydrogen (secondary N) is 2. The highest BCUT2D eigenvalue weighted by atomic mass is 79.9. The molecule has 0 spiro atoms. The zero-order valence-electron chi connectivity index (χ0n) is 12.2. The number of benzene rings is 1. The molecule has 3 nitrogen and oxygen atoms in total. The van der Waals surface area contributed by atoms with Crippen LogP contribution in [0, 0.1) is 6.92 Å².